The standard InChI is InChI=1S/C27H23N3OSi/c1-20-17-26(30-29-20)21-9-7-10-22(18-21)31-23-11-8-14-25(19-23)32(24-12-3-2-4-13-24)27-15-5-6-16-28-27/h2-19,32H,1H3,(H,29,30). The minimum atomic E-state index is -1.71. The first-order chi connectivity index (χ1) is 15.8. The van der Waals surface area contributed by atoms with Crippen LogP contribution >= 0.6 is 0 Å². The van der Waals surface area contributed by atoms with Crippen LogP contribution in [0.3, 0.4) is 0 Å². The number of rotatable bonds is 6. The van der Waals surface area contributed by atoms with E-state index in [4.69, 9.17) is 9.72 Å². The first kappa shape index (κ1) is 20.0. The van der Waals surface area contributed by atoms with Crippen molar-refractivity contribution in [3.63, 3.8) is 0 Å². The number of H-pyrrole nitrogens is 1. The zero-order valence-electron chi connectivity index (χ0n) is 17.8. The second kappa shape index (κ2) is 9.04. The number of aryl methyl sites for hydroxylation is 1. The lowest BCUT2D eigenvalue weighted by atomic mass is 10.1. The molecular formula is C27H23N3OSi. The molecule has 0 saturated carbocycles. The van der Waals surface area contributed by atoms with Crippen LogP contribution in [0.25, 0.3) is 11.3 Å². The van der Waals surface area contributed by atoms with Crippen LogP contribution in [0.4, 0.5) is 0 Å². The van der Waals surface area contributed by atoms with Gasteiger partial charge in [-0.05, 0) is 54.6 Å². The van der Waals surface area contributed by atoms with Gasteiger partial charge in [0.1, 0.15) is 11.5 Å². The number of pyridine rings is 1. The van der Waals surface area contributed by atoms with Crippen LogP contribution in [0.1, 0.15) is 5.69 Å². The molecular weight excluding hydrogens is 410 g/mol. The van der Waals surface area contributed by atoms with Crippen molar-refractivity contribution in [2.45, 2.75) is 6.92 Å². The van der Waals surface area contributed by atoms with Crippen molar-refractivity contribution in [2.75, 3.05) is 0 Å². The Morgan fingerprint density at radius 1 is 0.719 bits per heavy atom. The molecule has 0 aliphatic carbocycles. The Kier molecular flexibility index (Phi) is 5.64. The Labute approximate surface area is 189 Å². The number of aromatic nitrogens is 3. The summed E-state index contributed by atoms with van der Waals surface area (Å²) in [5, 5.41) is 11.1. The second-order valence-electron chi connectivity index (χ2n) is 7.74. The summed E-state index contributed by atoms with van der Waals surface area (Å²) in [5.74, 6) is 1.61. The molecule has 32 heavy (non-hydrogen) atoms. The van der Waals surface area contributed by atoms with E-state index in [0.29, 0.717) is 0 Å². The molecule has 0 aliphatic heterocycles. The summed E-state index contributed by atoms with van der Waals surface area (Å²) in [6.45, 7) is 2.00. The fourth-order valence-corrected chi connectivity index (χ4v) is 6.75. The molecule has 0 amide bonds. The molecule has 5 rings (SSSR count). The van der Waals surface area contributed by atoms with Gasteiger partial charge in [0.15, 0.2) is 8.80 Å². The predicted octanol–water partition coefficient (Wildman–Crippen LogP) is 3.82. The first-order valence-electron chi connectivity index (χ1n) is 10.6. The zero-order valence-corrected chi connectivity index (χ0v) is 18.9. The van der Waals surface area contributed by atoms with Crippen LogP contribution in [0, 0.1) is 6.92 Å². The average molecular weight is 434 g/mol. The van der Waals surface area contributed by atoms with Crippen molar-refractivity contribution in [2.24, 2.45) is 0 Å². The minimum Gasteiger partial charge on any atom is -0.457 e. The highest BCUT2D eigenvalue weighted by Gasteiger charge is 2.20. The van der Waals surface area contributed by atoms with Gasteiger partial charge >= 0.3 is 0 Å². The topological polar surface area (TPSA) is 50.8 Å². The second-order valence-corrected chi connectivity index (χ2v) is 10.5. The van der Waals surface area contributed by atoms with Crippen LogP contribution < -0.4 is 20.4 Å². The molecule has 2 aromatic heterocycles. The monoisotopic (exact) mass is 433 g/mol. The smallest absolute Gasteiger partial charge is 0.155 e. The summed E-state index contributed by atoms with van der Waals surface area (Å²) in [4.78, 5) is 4.70. The van der Waals surface area contributed by atoms with Crippen molar-refractivity contribution in [1.82, 2.24) is 15.2 Å². The number of nitrogens with one attached hydrogen (secondary N) is 1. The number of hydrogen-bond acceptors (Lipinski definition) is 3. The van der Waals surface area contributed by atoms with Gasteiger partial charge in [-0.2, -0.15) is 5.10 Å². The molecule has 156 valence electrons. The number of ether oxygens (including phenoxy) is 1. The van der Waals surface area contributed by atoms with Crippen LogP contribution in [0.5, 0.6) is 11.5 Å². The van der Waals surface area contributed by atoms with E-state index in [1.165, 1.54) is 10.4 Å². The summed E-state index contributed by atoms with van der Waals surface area (Å²) in [6.07, 6.45) is 1.88. The zero-order chi connectivity index (χ0) is 21.8. The average Bonchev–Trinajstić information content (AvgIpc) is 3.28. The van der Waals surface area contributed by atoms with Gasteiger partial charge in [-0.25, -0.2) is 0 Å². The van der Waals surface area contributed by atoms with Crippen molar-refractivity contribution in [1.29, 1.82) is 0 Å². The molecule has 1 atom stereocenters. The van der Waals surface area contributed by atoms with E-state index in [-0.39, 0.29) is 0 Å². The van der Waals surface area contributed by atoms with Gasteiger partial charge in [-0.1, -0.05) is 65.9 Å². The van der Waals surface area contributed by atoms with Gasteiger partial charge in [0, 0.05) is 22.8 Å². The maximum absolute atomic E-state index is 6.27. The Morgan fingerprint density at radius 2 is 1.47 bits per heavy atom. The third-order valence-corrected chi connectivity index (χ3v) is 8.39. The molecule has 0 fully saturated rings. The summed E-state index contributed by atoms with van der Waals surface area (Å²) in [7, 11) is -1.71. The van der Waals surface area contributed by atoms with Crippen LogP contribution in [0.15, 0.2) is 109 Å². The lowest BCUT2D eigenvalue weighted by Gasteiger charge is -2.17. The van der Waals surface area contributed by atoms with Gasteiger partial charge in [0.05, 0.1) is 5.69 Å². The summed E-state index contributed by atoms with van der Waals surface area (Å²) in [6, 6.07) is 35.3. The van der Waals surface area contributed by atoms with Crippen LogP contribution in [-0.4, -0.2) is 24.0 Å². The third-order valence-electron chi connectivity index (χ3n) is 5.38. The van der Waals surface area contributed by atoms with Gasteiger partial charge in [-0.3, -0.25) is 10.1 Å². The molecule has 2 heterocycles. The molecule has 0 bridgehead atoms. The van der Waals surface area contributed by atoms with E-state index in [1.807, 2.05) is 55.6 Å². The maximum atomic E-state index is 6.27. The molecule has 5 heteroatoms. The molecule has 1 unspecified atom stereocenters. The molecule has 0 aliphatic rings. The number of benzene rings is 3. The van der Waals surface area contributed by atoms with Crippen molar-refractivity contribution >= 4 is 24.5 Å². The Balaban J connectivity index is 1.48. The lowest BCUT2D eigenvalue weighted by molar-refractivity contribution is 0.483. The predicted molar refractivity (Wildman–Crippen MR) is 132 cm³/mol. The van der Waals surface area contributed by atoms with Gasteiger partial charge in [0.2, 0.25) is 0 Å². The number of hydrogen-bond donors (Lipinski definition) is 1. The summed E-state index contributed by atoms with van der Waals surface area (Å²) in [5.41, 5.74) is 2.96. The van der Waals surface area contributed by atoms with E-state index in [0.717, 1.165) is 33.8 Å². The van der Waals surface area contributed by atoms with E-state index >= 15 is 0 Å². The van der Waals surface area contributed by atoms with Crippen molar-refractivity contribution in [3.05, 3.63) is 115 Å². The van der Waals surface area contributed by atoms with Crippen molar-refractivity contribution < 1.29 is 4.74 Å². The first-order valence-corrected chi connectivity index (χ1v) is 12.4. The van der Waals surface area contributed by atoms with E-state index in [1.54, 1.807) is 0 Å². The molecule has 1 N–H and O–H groups in total. The normalized spacial score (nSPS) is 11.8. The van der Waals surface area contributed by atoms with Gasteiger partial charge < -0.3 is 4.74 Å². The quantitative estimate of drug-likeness (QED) is 0.414. The molecule has 3 aromatic carbocycles. The molecule has 0 spiro atoms. The molecule has 4 nitrogen and oxygen atoms in total. The van der Waals surface area contributed by atoms with Gasteiger partial charge in [0.25, 0.3) is 0 Å². The Bertz CT molecular complexity index is 1280. The molecule has 0 radical (unpaired) electrons. The van der Waals surface area contributed by atoms with E-state index < -0.39 is 8.80 Å². The SMILES string of the molecule is Cc1cc(-c2cccc(Oc3cccc([SiH](c4ccccc4)c4ccccn4)c3)c2)n[nH]1. The highest BCUT2D eigenvalue weighted by atomic mass is 28.3. The van der Waals surface area contributed by atoms with Crippen LogP contribution in [-0.2, 0) is 0 Å². The molecule has 5 aromatic rings. The highest BCUT2D eigenvalue weighted by Crippen LogP contribution is 2.26. The summed E-state index contributed by atoms with van der Waals surface area (Å²) < 4.78 is 6.27. The lowest BCUT2D eigenvalue weighted by Crippen LogP contribution is -2.53. The number of nitrogens with zero attached hydrogens (tertiary/aromatic N) is 2. The minimum absolute atomic E-state index is 0.788. The van der Waals surface area contributed by atoms with Gasteiger partial charge in [-0.15, -0.1) is 0 Å². The summed E-state index contributed by atoms with van der Waals surface area (Å²) >= 11 is 0. The van der Waals surface area contributed by atoms with Crippen molar-refractivity contribution in [3.8, 4) is 22.8 Å². The Hall–Kier alpha value is -3.96. The number of aromatic amines is 1. The third kappa shape index (κ3) is 4.38. The fraction of sp³-hybridized carbons (Fsp3) is 0.0370. The van der Waals surface area contributed by atoms with Crippen LogP contribution in [0.2, 0.25) is 0 Å². The maximum Gasteiger partial charge on any atom is 0.155 e. The largest absolute Gasteiger partial charge is 0.457 e. The highest BCUT2D eigenvalue weighted by molar-refractivity contribution is 6.95. The van der Waals surface area contributed by atoms with E-state index in [2.05, 4.69) is 70.9 Å². The Morgan fingerprint density at radius 3 is 2.22 bits per heavy atom. The molecule has 0 saturated heterocycles. The van der Waals surface area contributed by atoms with E-state index in [9.17, 15) is 0 Å². The fourth-order valence-electron chi connectivity index (χ4n) is 3.90.